The summed E-state index contributed by atoms with van der Waals surface area (Å²) in [6.07, 6.45) is 1.79. The van der Waals surface area contributed by atoms with Gasteiger partial charge in [0.15, 0.2) is 5.96 Å². The van der Waals surface area contributed by atoms with Crippen molar-refractivity contribution in [1.29, 1.82) is 0 Å². The topological polar surface area (TPSA) is 63.3 Å². The van der Waals surface area contributed by atoms with Gasteiger partial charge >= 0.3 is 0 Å². The molecule has 1 aromatic heterocycles. The van der Waals surface area contributed by atoms with Crippen molar-refractivity contribution in [2.75, 3.05) is 5.32 Å². The van der Waals surface area contributed by atoms with E-state index in [2.05, 4.69) is 15.3 Å². The number of nitrogens with two attached hydrogens (primary N) is 1. The lowest BCUT2D eigenvalue weighted by atomic mass is 10.1. The Balaban J connectivity index is 1.78. The van der Waals surface area contributed by atoms with Crippen LogP contribution in [0.15, 0.2) is 71.9 Å². The number of fused-ring (bicyclic) bond motifs is 1. The van der Waals surface area contributed by atoms with Crippen molar-refractivity contribution in [2.24, 2.45) is 10.7 Å². The van der Waals surface area contributed by atoms with E-state index in [0.29, 0.717) is 12.5 Å². The molecule has 0 unspecified atom stereocenters. The van der Waals surface area contributed by atoms with Gasteiger partial charge < -0.3 is 11.1 Å². The minimum Gasteiger partial charge on any atom is -0.370 e. The maximum Gasteiger partial charge on any atom is 0.193 e. The van der Waals surface area contributed by atoms with Gasteiger partial charge in [0.2, 0.25) is 0 Å². The van der Waals surface area contributed by atoms with Gasteiger partial charge in [-0.1, -0.05) is 42.5 Å². The first-order valence-electron chi connectivity index (χ1n) is 6.77. The largest absolute Gasteiger partial charge is 0.370 e. The fraction of sp³-hybridized carbons (Fsp3) is 0.0588. The van der Waals surface area contributed by atoms with Crippen molar-refractivity contribution < 1.29 is 0 Å². The van der Waals surface area contributed by atoms with Crippen LogP contribution >= 0.6 is 0 Å². The van der Waals surface area contributed by atoms with Crippen LogP contribution in [0.2, 0.25) is 0 Å². The molecule has 21 heavy (non-hydrogen) atoms. The highest BCUT2D eigenvalue weighted by Crippen LogP contribution is 2.16. The highest BCUT2D eigenvalue weighted by atomic mass is 15.1. The van der Waals surface area contributed by atoms with E-state index < -0.39 is 0 Å². The Bertz CT molecular complexity index is 761. The lowest BCUT2D eigenvalue weighted by Gasteiger charge is -2.06. The summed E-state index contributed by atoms with van der Waals surface area (Å²) in [6.45, 7) is 0.500. The second kappa shape index (κ2) is 6.05. The van der Waals surface area contributed by atoms with E-state index in [4.69, 9.17) is 5.73 Å². The fourth-order valence-electron chi connectivity index (χ4n) is 2.17. The third-order valence-corrected chi connectivity index (χ3v) is 3.18. The minimum atomic E-state index is 0.397. The van der Waals surface area contributed by atoms with Crippen LogP contribution in [0.3, 0.4) is 0 Å². The zero-order valence-electron chi connectivity index (χ0n) is 11.5. The van der Waals surface area contributed by atoms with Crippen molar-refractivity contribution in [1.82, 2.24) is 4.98 Å². The van der Waals surface area contributed by atoms with Crippen molar-refractivity contribution >= 4 is 22.5 Å². The molecule has 3 rings (SSSR count). The second-order valence-corrected chi connectivity index (χ2v) is 4.68. The van der Waals surface area contributed by atoms with Crippen LogP contribution in [0.25, 0.3) is 10.9 Å². The molecule has 0 saturated heterocycles. The van der Waals surface area contributed by atoms with Crippen LogP contribution in [0, 0.1) is 0 Å². The molecule has 0 bridgehead atoms. The Morgan fingerprint density at radius 1 is 1.00 bits per heavy atom. The van der Waals surface area contributed by atoms with Crippen LogP contribution < -0.4 is 11.1 Å². The molecular formula is C17H16N4. The zero-order valence-corrected chi connectivity index (χ0v) is 11.5. The Kier molecular flexibility index (Phi) is 3.78. The summed E-state index contributed by atoms with van der Waals surface area (Å²) >= 11 is 0. The summed E-state index contributed by atoms with van der Waals surface area (Å²) < 4.78 is 0. The lowest BCUT2D eigenvalue weighted by molar-refractivity contribution is 1.06. The molecule has 0 radical (unpaired) electrons. The SMILES string of the molecule is NC(=NCc1cccc2cccnc12)Nc1ccccc1. The number of hydrogen-bond acceptors (Lipinski definition) is 2. The quantitative estimate of drug-likeness (QED) is 0.570. The highest BCUT2D eigenvalue weighted by molar-refractivity contribution is 5.92. The first-order valence-corrected chi connectivity index (χ1v) is 6.77. The molecule has 3 aromatic rings. The summed E-state index contributed by atoms with van der Waals surface area (Å²) in [7, 11) is 0. The molecule has 0 spiro atoms. The predicted molar refractivity (Wildman–Crippen MR) is 87.1 cm³/mol. The standard InChI is InChI=1S/C17H16N4/c18-17(21-15-9-2-1-3-10-15)20-12-14-7-4-6-13-8-5-11-19-16(13)14/h1-11H,12H2,(H3,18,20,21). The van der Waals surface area contributed by atoms with E-state index in [0.717, 1.165) is 22.2 Å². The first-order chi connectivity index (χ1) is 10.3. The number of pyridine rings is 1. The van der Waals surface area contributed by atoms with E-state index in [1.807, 2.05) is 60.7 Å². The van der Waals surface area contributed by atoms with E-state index in [1.165, 1.54) is 0 Å². The molecule has 0 aliphatic heterocycles. The molecule has 104 valence electrons. The van der Waals surface area contributed by atoms with E-state index in [-0.39, 0.29) is 0 Å². The Hall–Kier alpha value is -2.88. The maximum atomic E-state index is 5.92. The average Bonchev–Trinajstić information content (AvgIpc) is 2.54. The summed E-state index contributed by atoms with van der Waals surface area (Å²) in [5.74, 6) is 0.397. The van der Waals surface area contributed by atoms with Crippen LogP contribution in [0.1, 0.15) is 5.56 Å². The highest BCUT2D eigenvalue weighted by Gasteiger charge is 2.01. The molecule has 0 fully saturated rings. The normalized spacial score (nSPS) is 11.5. The summed E-state index contributed by atoms with van der Waals surface area (Å²) in [5.41, 5.74) is 8.87. The molecule has 3 N–H and O–H groups in total. The number of anilines is 1. The number of nitrogens with one attached hydrogen (secondary N) is 1. The van der Waals surface area contributed by atoms with Gasteiger partial charge in [0.1, 0.15) is 0 Å². The summed E-state index contributed by atoms with van der Waals surface area (Å²) in [6, 6.07) is 19.8. The number of rotatable bonds is 3. The van der Waals surface area contributed by atoms with Crippen LogP contribution in [0.5, 0.6) is 0 Å². The second-order valence-electron chi connectivity index (χ2n) is 4.68. The molecule has 0 amide bonds. The molecule has 1 heterocycles. The van der Waals surface area contributed by atoms with Gasteiger partial charge in [0, 0.05) is 17.3 Å². The molecule has 2 aromatic carbocycles. The number of hydrogen-bond donors (Lipinski definition) is 2. The number of aromatic nitrogens is 1. The van der Waals surface area contributed by atoms with Crippen LogP contribution in [-0.2, 0) is 6.54 Å². The maximum absolute atomic E-state index is 5.92. The van der Waals surface area contributed by atoms with E-state index in [9.17, 15) is 0 Å². The molecule has 0 atom stereocenters. The van der Waals surface area contributed by atoms with E-state index in [1.54, 1.807) is 6.20 Å². The number of aliphatic imine (C=N–C) groups is 1. The van der Waals surface area contributed by atoms with Gasteiger partial charge in [-0.15, -0.1) is 0 Å². The average molecular weight is 276 g/mol. The molecule has 0 aliphatic carbocycles. The molecule has 0 saturated carbocycles. The molecule has 4 heteroatoms. The zero-order chi connectivity index (χ0) is 14.5. The fourth-order valence-corrected chi connectivity index (χ4v) is 2.17. The predicted octanol–water partition coefficient (Wildman–Crippen LogP) is 3.16. The molecule has 0 aliphatic rings. The van der Waals surface area contributed by atoms with Crippen LogP contribution in [-0.4, -0.2) is 10.9 Å². The summed E-state index contributed by atoms with van der Waals surface area (Å²) in [5, 5.41) is 4.18. The van der Waals surface area contributed by atoms with Gasteiger partial charge in [0.05, 0.1) is 12.1 Å². The lowest BCUT2D eigenvalue weighted by Crippen LogP contribution is -2.22. The Morgan fingerprint density at radius 3 is 2.67 bits per heavy atom. The Labute approximate surface area is 123 Å². The number of para-hydroxylation sites is 2. The van der Waals surface area contributed by atoms with Gasteiger partial charge in [-0.3, -0.25) is 4.98 Å². The van der Waals surface area contributed by atoms with Crippen molar-refractivity contribution in [3.63, 3.8) is 0 Å². The van der Waals surface area contributed by atoms with Gasteiger partial charge in [-0.05, 0) is 23.8 Å². The van der Waals surface area contributed by atoms with Crippen molar-refractivity contribution in [3.05, 3.63) is 72.4 Å². The van der Waals surface area contributed by atoms with E-state index >= 15 is 0 Å². The number of benzene rings is 2. The number of guanidine groups is 1. The van der Waals surface area contributed by atoms with Gasteiger partial charge in [-0.2, -0.15) is 0 Å². The molecular weight excluding hydrogens is 260 g/mol. The number of nitrogens with zero attached hydrogens (tertiary/aromatic N) is 2. The first kappa shape index (κ1) is 13.1. The molecule has 4 nitrogen and oxygen atoms in total. The summed E-state index contributed by atoms with van der Waals surface area (Å²) in [4.78, 5) is 8.80. The third kappa shape index (κ3) is 3.17. The van der Waals surface area contributed by atoms with Gasteiger partial charge in [-0.25, -0.2) is 4.99 Å². The van der Waals surface area contributed by atoms with Gasteiger partial charge in [0.25, 0.3) is 0 Å². The third-order valence-electron chi connectivity index (χ3n) is 3.18. The smallest absolute Gasteiger partial charge is 0.193 e. The van der Waals surface area contributed by atoms with Crippen molar-refractivity contribution in [2.45, 2.75) is 6.54 Å². The monoisotopic (exact) mass is 276 g/mol. The minimum absolute atomic E-state index is 0.397. The van der Waals surface area contributed by atoms with Crippen molar-refractivity contribution in [3.8, 4) is 0 Å². The Morgan fingerprint density at radius 2 is 1.81 bits per heavy atom. The van der Waals surface area contributed by atoms with Crippen LogP contribution in [0.4, 0.5) is 5.69 Å².